The third-order valence-electron chi connectivity index (χ3n) is 8.13. The van der Waals surface area contributed by atoms with E-state index in [1.54, 1.807) is 12.1 Å². The minimum atomic E-state index is -4.15. The number of imidazole rings is 1. The lowest BCUT2D eigenvalue weighted by Crippen LogP contribution is -2.31. The second kappa shape index (κ2) is 13.1. The molecule has 0 radical (unpaired) electrons. The van der Waals surface area contributed by atoms with Crippen LogP contribution in [-0.2, 0) is 34.2 Å². The quantitative estimate of drug-likeness (QED) is 0.170. The molecule has 0 unspecified atom stereocenters. The Labute approximate surface area is 270 Å². The Morgan fingerprint density at radius 2 is 1.43 bits per heavy atom. The first-order valence-corrected chi connectivity index (χ1v) is 16.9. The molecule has 1 amide bonds. The molecule has 0 fully saturated rings. The molecule has 0 aliphatic rings. The molecule has 0 saturated heterocycles. The molecule has 6 rings (SSSR count). The molecule has 1 N–H and O–H groups in total. The van der Waals surface area contributed by atoms with Crippen LogP contribution in [0.4, 0.5) is 0 Å². The number of carbonyl (C=O) groups excluding carboxylic acids is 1. The highest BCUT2D eigenvalue weighted by Crippen LogP contribution is 2.33. The molecule has 8 heteroatoms. The van der Waals surface area contributed by atoms with Gasteiger partial charge in [-0.15, -0.1) is 0 Å². The lowest BCUT2D eigenvalue weighted by Gasteiger charge is -2.15. The maximum Gasteiger partial charge on any atom is 0.264 e. The molecule has 0 bridgehead atoms. The number of aryl methyl sites for hydroxylation is 4. The Bertz CT molecular complexity index is 2120. The van der Waals surface area contributed by atoms with Gasteiger partial charge in [0, 0.05) is 24.1 Å². The number of hydrogen-bond donors (Lipinski definition) is 1. The van der Waals surface area contributed by atoms with Crippen LogP contribution in [0.2, 0.25) is 0 Å². The van der Waals surface area contributed by atoms with E-state index < -0.39 is 15.9 Å². The summed E-state index contributed by atoms with van der Waals surface area (Å²) >= 11 is 0. The van der Waals surface area contributed by atoms with E-state index in [9.17, 15) is 13.2 Å². The lowest BCUT2D eigenvalue weighted by atomic mass is 9.98. The van der Waals surface area contributed by atoms with Crippen LogP contribution in [0.1, 0.15) is 41.6 Å². The standard InChI is InChI=1S/C38H36N4O3S/c1-4-35-40-37-26(2)23-27(3)39-38(37)42(35)25-29-15-18-31(19-16-29)33-24-32(30-13-9-6-10-14-30)20-21-34(33)46(44,45)41-36(43)22-17-28-11-7-5-8-12-28/h5-16,18-21,23-24H,4,17,22,25H2,1-3H3,(H,41,43). The normalized spacial score (nSPS) is 11.5. The second-order valence-electron chi connectivity index (χ2n) is 11.5. The Hall–Kier alpha value is -5.08. The number of sulfonamides is 1. The Morgan fingerprint density at radius 3 is 2.13 bits per heavy atom. The molecule has 0 spiro atoms. The fourth-order valence-electron chi connectivity index (χ4n) is 5.82. The number of aromatic nitrogens is 3. The molecule has 4 aromatic carbocycles. The number of hydrogen-bond acceptors (Lipinski definition) is 5. The molecule has 0 atom stereocenters. The summed E-state index contributed by atoms with van der Waals surface area (Å²) in [5.74, 6) is 0.419. The van der Waals surface area contributed by atoms with Crippen molar-refractivity contribution >= 4 is 27.1 Å². The largest absolute Gasteiger partial charge is 0.308 e. The van der Waals surface area contributed by atoms with Crippen molar-refractivity contribution in [3.05, 3.63) is 137 Å². The summed E-state index contributed by atoms with van der Waals surface area (Å²) in [7, 11) is -4.15. The maximum atomic E-state index is 13.7. The van der Waals surface area contributed by atoms with Crippen LogP contribution in [0.25, 0.3) is 33.4 Å². The molecule has 7 nitrogen and oxygen atoms in total. The summed E-state index contributed by atoms with van der Waals surface area (Å²) in [5.41, 5.74) is 8.94. The number of benzene rings is 4. The molecule has 2 heterocycles. The van der Waals surface area contributed by atoms with E-state index >= 15 is 0 Å². The van der Waals surface area contributed by atoms with Crippen molar-refractivity contribution in [2.75, 3.05) is 0 Å². The van der Waals surface area contributed by atoms with Crippen LogP contribution in [0.15, 0.2) is 114 Å². The number of nitrogens with one attached hydrogen (secondary N) is 1. The average molecular weight is 629 g/mol. The van der Waals surface area contributed by atoms with Gasteiger partial charge < -0.3 is 4.57 Å². The minimum absolute atomic E-state index is 0.0528. The molecule has 0 saturated carbocycles. The number of nitrogens with zero attached hydrogens (tertiary/aromatic N) is 3. The van der Waals surface area contributed by atoms with E-state index in [0.29, 0.717) is 18.5 Å². The highest BCUT2D eigenvalue weighted by atomic mass is 32.2. The zero-order chi connectivity index (χ0) is 32.3. The van der Waals surface area contributed by atoms with E-state index in [-0.39, 0.29) is 11.3 Å². The molecule has 46 heavy (non-hydrogen) atoms. The second-order valence-corrected chi connectivity index (χ2v) is 13.2. The van der Waals surface area contributed by atoms with Gasteiger partial charge in [0.1, 0.15) is 11.3 Å². The molecule has 6 aromatic rings. The van der Waals surface area contributed by atoms with Crippen LogP contribution in [0.3, 0.4) is 0 Å². The van der Waals surface area contributed by atoms with Crippen molar-refractivity contribution in [1.29, 1.82) is 0 Å². The van der Waals surface area contributed by atoms with Gasteiger partial charge in [0.05, 0.1) is 11.4 Å². The molecule has 0 aliphatic carbocycles. The number of fused-ring (bicyclic) bond motifs is 1. The van der Waals surface area contributed by atoms with Gasteiger partial charge in [0.25, 0.3) is 10.0 Å². The van der Waals surface area contributed by atoms with E-state index in [1.807, 2.05) is 97.9 Å². The molecule has 0 aliphatic heterocycles. The van der Waals surface area contributed by atoms with Gasteiger partial charge in [0.15, 0.2) is 5.65 Å². The zero-order valence-electron chi connectivity index (χ0n) is 26.2. The lowest BCUT2D eigenvalue weighted by molar-refractivity contribution is -0.119. The smallest absolute Gasteiger partial charge is 0.264 e. The van der Waals surface area contributed by atoms with E-state index in [2.05, 4.69) is 29.2 Å². The van der Waals surface area contributed by atoms with Crippen LogP contribution >= 0.6 is 0 Å². The van der Waals surface area contributed by atoms with E-state index in [1.165, 1.54) is 0 Å². The van der Waals surface area contributed by atoms with Gasteiger partial charge in [0.2, 0.25) is 5.91 Å². The van der Waals surface area contributed by atoms with Crippen LogP contribution in [0, 0.1) is 13.8 Å². The molecule has 2 aromatic heterocycles. The summed E-state index contributed by atoms with van der Waals surface area (Å²) in [6, 6.07) is 34.5. The monoisotopic (exact) mass is 628 g/mol. The average Bonchev–Trinajstić information content (AvgIpc) is 3.42. The Kier molecular flexibility index (Phi) is 8.81. The molecular weight excluding hydrogens is 593 g/mol. The first-order valence-electron chi connectivity index (χ1n) is 15.4. The van der Waals surface area contributed by atoms with Gasteiger partial charge >= 0.3 is 0 Å². The summed E-state index contributed by atoms with van der Waals surface area (Å²) < 4.78 is 31.8. The molecular formula is C38H36N4O3S. The van der Waals surface area contributed by atoms with E-state index in [0.717, 1.165) is 62.5 Å². The van der Waals surface area contributed by atoms with Gasteiger partial charge in [-0.2, -0.15) is 0 Å². The summed E-state index contributed by atoms with van der Waals surface area (Å²) in [4.78, 5) is 22.5. The number of pyridine rings is 1. The third kappa shape index (κ3) is 6.62. The summed E-state index contributed by atoms with van der Waals surface area (Å²) in [6.07, 6.45) is 1.29. The fraction of sp³-hybridized carbons (Fsp3) is 0.184. The van der Waals surface area contributed by atoms with Crippen molar-refractivity contribution in [3.8, 4) is 22.3 Å². The van der Waals surface area contributed by atoms with Crippen LogP contribution in [-0.4, -0.2) is 28.9 Å². The number of rotatable bonds is 10. The first kappa shape index (κ1) is 30.9. The number of amides is 1. The van der Waals surface area contributed by atoms with Crippen molar-refractivity contribution in [2.45, 2.75) is 51.5 Å². The van der Waals surface area contributed by atoms with Crippen molar-refractivity contribution in [1.82, 2.24) is 19.3 Å². The Balaban J connectivity index is 1.33. The van der Waals surface area contributed by atoms with Crippen molar-refractivity contribution < 1.29 is 13.2 Å². The Morgan fingerprint density at radius 1 is 0.761 bits per heavy atom. The van der Waals surface area contributed by atoms with Crippen molar-refractivity contribution in [3.63, 3.8) is 0 Å². The SMILES string of the molecule is CCc1nc2c(C)cc(C)nc2n1Cc1ccc(-c2cc(-c3ccccc3)ccc2S(=O)(=O)NC(=O)CCc2ccccc2)cc1. The topological polar surface area (TPSA) is 93.9 Å². The van der Waals surface area contributed by atoms with Crippen LogP contribution < -0.4 is 4.72 Å². The first-order chi connectivity index (χ1) is 22.2. The zero-order valence-corrected chi connectivity index (χ0v) is 27.0. The van der Waals surface area contributed by atoms with Gasteiger partial charge in [-0.3, -0.25) is 4.79 Å². The highest BCUT2D eigenvalue weighted by molar-refractivity contribution is 7.90. The minimum Gasteiger partial charge on any atom is -0.308 e. The summed E-state index contributed by atoms with van der Waals surface area (Å²) in [6.45, 7) is 6.72. The summed E-state index contributed by atoms with van der Waals surface area (Å²) in [5, 5.41) is 0. The van der Waals surface area contributed by atoms with Gasteiger partial charge in [-0.1, -0.05) is 97.9 Å². The van der Waals surface area contributed by atoms with E-state index in [4.69, 9.17) is 9.97 Å². The van der Waals surface area contributed by atoms with Gasteiger partial charge in [-0.25, -0.2) is 23.1 Å². The number of carbonyl (C=O) groups is 1. The predicted octanol–water partition coefficient (Wildman–Crippen LogP) is 7.43. The van der Waals surface area contributed by atoms with Crippen LogP contribution in [0.5, 0.6) is 0 Å². The third-order valence-corrected chi connectivity index (χ3v) is 9.56. The van der Waals surface area contributed by atoms with Crippen molar-refractivity contribution in [2.24, 2.45) is 0 Å². The fourth-order valence-corrected chi connectivity index (χ4v) is 7.04. The maximum absolute atomic E-state index is 13.7. The molecule has 232 valence electrons. The highest BCUT2D eigenvalue weighted by Gasteiger charge is 2.23. The van der Waals surface area contributed by atoms with Gasteiger partial charge in [-0.05, 0) is 71.8 Å². The predicted molar refractivity (Wildman–Crippen MR) is 183 cm³/mol.